The number of amides is 1. The molecule has 2 saturated carbocycles. The molecule has 3 atom stereocenters. The van der Waals surface area contributed by atoms with E-state index in [0.717, 1.165) is 25.2 Å². The highest BCUT2D eigenvalue weighted by molar-refractivity contribution is 5.85. The zero-order valence-electron chi connectivity index (χ0n) is 13.1. The van der Waals surface area contributed by atoms with E-state index >= 15 is 0 Å². The molecule has 2 aliphatic rings. The van der Waals surface area contributed by atoms with Gasteiger partial charge < -0.3 is 10.4 Å². The molecule has 0 aromatic carbocycles. The SMILES string of the molecule is CCC1CC(C(=O)O)C(C(=O)NCCC2CCCCC2)C1. The molecule has 120 valence electrons. The minimum Gasteiger partial charge on any atom is -0.481 e. The summed E-state index contributed by atoms with van der Waals surface area (Å²) in [5.74, 6) is -0.502. The molecular weight excluding hydrogens is 266 g/mol. The van der Waals surface area contributed by atoms with E-state index in [9.17, 15) is 14.7 Å². The Labute approximate surface area is 127 Å². The predicted octanol–water partition coefficient (Wildman–Crippen LogP) is 3.21. The van der Waals surface area contributed by atoms with Crippen molar-refractivity contribution in [1.82, 2.24) is 5.32 Å². The second kappa shape index (κ2) is 7.81. The Hall–Kier alpha value is -1.06. The summed E-state index contributed by atoms with van der Waals surface area (Å²) in [6.07, 6.45) is 9.98. The molecule has 0 spiro atoms. The van der Waals surface area contributed by atoms with Crippen LogP contribution in [0.15, 0.2) is 0 Å². The van der Waals surface area contributed by atoms with Gasteiger partial charge in [-0.05, 0) is 31.1 Å². The van der Waals surface area contributed by atoms with Gasteiger partial charge in [-0.2, -0.15) is 0 Å². The van der Waals surface area contributed by atoms with Gasteiger partial charge in [0.1, 0.15) is 0 Å². The van der Waals surface area contributed by atoms with Crippen LogP contribution in [0.3, 0.4) is 0 Å². The van der Waals surface area contributed by atoms with E-state index in [1.807, 2.05) is 0 Å². The number of rotatable bonds is 6. The van der Waals surface area contributed by atoms with Gasteiger partial charge in [0.25, 0.3) is 0 Å². The summed E-state index contributed by atoms with van der Waals surface area (Å²) < 4.78 is 0. The summed E-state index contributed by atoms with van der Waals surface area (Å²) in [5.41, 5.74) is 0. The van der Waals surface area contributed by atoms with E-state index in [2.05, 4.69) is 12.2 Å². The maximum absolute atomic E-state index is 12.3. The number of carbonyl (C=O) groups is 2. The molecule has 0 radical (unpaired) electrons. The van der Waals surface area contributed by atoms with Gasteiger partial charge in [-0.15, -0.1) is 0 Å². The van der Waals surface area contributed by atoms with Gasteiger partial charge in [0.15, 0.2) is 0 Å². The molecule has 1 amide bonds. The lowest BCUT2D eigenvalue weighted by molar-refractivity contribution is -0.146. The minimum absolute atomic E-state index is 0.0332. The lowest BCUT2D eigenvalue weighted by Gasteiger charge is -2.22. The van der Waals surface area contributed by atoms with Gasteiger partial charge in [0.2, 0.25) is 5.91 Å². The van der Waals surface area contributed by atoms with Gasteiger partial charge in [-0.25, -0.2) is 0 Å². The van der Waals surface area contributed by atoms with Crippen molar-refractivity contribution < 1.29 is 14.7 Å². The molecule has 3 unspecified atom stereocenters. The molecule has 0 saturated heterocycles. The van der Waals surface area contributed by atoms with Crippen LogP contribution in [0.4, 0.5) is 0 Å². The molecule has 4 heteroatoms. The standard InChI is InChI=1S/C17H29NO3/c1-2-12-10-14(15(11-12)17(20)21)16(19)18-9-8-13-6-4-3-5-7-13/h12-15H,2-11H2,1H3,(H,18,19)(H,20,21). The lowest BCUT2D eigenvalue weighted by Crippen LogP contribution is -2.36. The van der Waals surface area contributed by atoms with E-state index in [1.165, 1.54) is 32.1 Å². The second-order valence-electron chi connectivity index (χ2n) is 6.88. The molecule has 21 heavy (non-hydrogen) atoms. The first-order valence-electron chi connectivity index (χ1n) is 8.62. The van der Waals surface area contributed by atoms with Crippen LogP contribution in [0, 0.1) is 23.7 Å². The average Bonchev–Trinajstić information content (AvgIpc) is 2.93. The van der Waals surface area contributed by atoms with Crippen LogP contribution in [-0.4, -0.2) is 23.5 Å². The third-order valence-corrected chi connectivity index (χ3v) is 5.47. The Balaban J connectivity index is 1.77. The Morgan fingerprint density at radius 1 is 1.05 bits per heavy atom. The summed E-state index contributed by atoms with van der Waals surface area (Å²) in [6, 6.07) is 0. The molecule has 0 aromatic rings. The van der Waals surface area contributed by atoms with Crippen molar-refractivity contribution in [3.63, 3.8) is 0 Å². The van der Waals surface area contributed by atoms with Gasteiger partial charge in [-0.3, -0.25) is 9.59 Å². The van der Waals surface area contributed by atoms with Crippen LogP contribution in [0.5, 0.6) is 0 Å². The number of hydrogen-bond donors (Lipinski definition) is 2. The topological polar surface area (TPSA) is 66.4 Å². The maximum Gasteiger partial charge on any atom is 0.307 e. The quantitative estimate of drug-likeness (QED) is 0.790. The van der Waals surface area contributed by atoms with Gasteiger partial charge in [0, 0.05) is 6.54 Å². The average molecular weight is 295 g/mol. The highest BCUT2D eigenvalue weighted by atomic mass is 16.4. The van der Waals surface area contributed by atoms with Gasteiger partial charge in [0.05, 0.1) is 11.8 Å². The largest absolute Gasteiger partial charge is 0.481 e. The molecule has 2 rings (SSSR count). The molecule has 0 heterocycles. The Kier molecular flexibility index (Phi) is 6.07. The molecule has 0 bridgehead atoms. The first-order chi connectivity index (χ1) is 10.1. The Bertz CT molecular complexity index is 363. The Morgan fingerprint density at radius 2 is 1.71 bits per heavy atom. The molecule has 2 aliphatic carbocycles. The van der Waals surface area contributed by atoms with E-state index < -0.39 is 11.9 Å². The summed E-state index contributed by atoms with van der Waals surface area (Å²) >= 11 is 0. The Morgan fingerprint density at radius 3 is 2.33 bits per heavy atom. The molecule has 0 aromatic heterocycles. The van der Waals surface area contributed by atoms with Crippen molar-refractivity contribution >= 4 is 11.9 Å². The zero-order chi connectivity index (χ0) is 15.2. The highest BCUT2D eigenvalue weighted by Crippen LogP contribution is 2.38. The maximum atomic E-state index is 12.3. The number of hydrogen-bond acceptors (Lipinski definition) is 2. The van der Waals surface area contributed by atoms with Crippen molar-refractivity contribution in [3.8, 4) is 0 Å². The summed E-state index contributed by atoms with van der Waals surface area (Å²) in [4.78, 5) is 23.6. The molecule has 0 aliphatic heterocycles. The fourth-order valence-electron chi connectivity index (χ4n) is 4.05. The third-order valence-electron chi connectivity index (χ3n) is 5.47. The van der Waals surface area contributed by atoms with Crippen LogP contribution in [0.2, 0.25) is 0 Å². The van der Waals surface area contributed by atoms with Crippen LogP contribution >= 0.6 is 0 Å². The third kappa shape index (κ3) is 4.45. The van der Waals surface area contributed by atoms with Crippen molar-refractivity contribution in [3.05, 3.63) is 0 Å². The highest BCUT2D eigenvalue weighted by Gasteiger charge is 2.41. The first kappa shape index (κ1) is 16.3. The summed E-state index contributed by atoms with van der Waals surface area (Å²) in [5, 5.41) is 12.3. The van der Waals surface area contributed by atoms with Gasteiger partial charge in [-0.1, -0.05) is 45.4 Å². The number of carbonyl (C=O) groups excluding carboxylic acids is 1. The van der Waals surface area contributed by atoms with E-state index in [-0.39, 0.29) is 11.8 Å². The second-order valence-corrected chi connectivity index (χ2v) is 6.88. The van der Waals surface area contributed by atoms with Gasteiger partial charge >= 0.3 is 5.97 Å². The first-order valence-corrected chi connectivity index (χ1v) is 8.62. The molecular formula is C17H29NO3. The van der Waals surface area contributed by atoms with Crippen LogP contribution in [-0.2, 0) is 9.59 Å². The molecule has 2 fully saturated rings. The summed E-state index contributed by atoms with van der Waals surface area (Å²) in [6.45, 7) is 2.79. The van der Waals surface area contributed by atoms with Crippen LogP contribution in [0.1, 0.15) is 64.7 Å². The van der Waals surface area contributed by atoms with E-state index in [1.54, 1.807) is 0 Å². The summed E-state index contributed by atoms with van der Waals surface area (Å²) in [7, 11) is 0. The van der Waals surface area contributed by atoms with Crippen molar-refractivity contribution in [2.45, 2.75) is 64.7 Å². The number of carboxylic acid groups (broad SMARTS) is 1. The lowest BCUT2D eigenvalue weighted by atomic mass is 9.87. The van der Waals surface area contributed by atoms with Crippen LogP contribution in [0.25, 0.3) is 0 Å². The molecule has 4 nitrogen and oxygen atoms in total. The minimum atomic E-state index is -0.807. The monoisotopic (exact) mass is 295 g/mol. The van der Waals surface area contributed by atoms with Crippen molar-refractivity contribution in [1.29, 1.82) is 0 Å². The fraction of sp³-hybridized carbons (Fsp3) is 0.882. The van der Waals surface area contributed by atoms with Crippen molar-refractivity contribution in [2.75, 3.05) is 6.54 Å². The number of carboxylic acids is 1. The molecule has 2 N–H and O–H groups in total. The smallest absolute Gasteiger partial charge is 0.307 e. The normalized spacial score (nSPS) is 30.2. The fourth-order valence-corrected chi connectivity index (χ4v) is 4.05. The number of nitrogens with one attached hydrogen (secondary N) is 1. The zero-order valence-corrected chi connectivity index (χ0v) is 13.1. The van der Waals surface area contributed by atoms with Crippen LogP contribution < -0.4 is 5.32 Å². The number of aliphatic carboxylic acids is 1. The predicted molar refractivity (Wildman–Crippen MR) is 81.8 cm³/mol. The van der Waals surface area contributed by atoms with E-state index in [0.29, 0.717) is 18.9 Å². The van der Waals surface area contributed by atoms with Crippen molar-refractivity contribution in [2.24, 2.45) is 23.7 Å². The van der Waals surface area contributed by atoms with E-state index in [4.69, 9.17) is 0 Å².